The molecule has 1 unspecified atom stereocenters. The van der Waals surface area contributed by atoms with Crippen molar-refractivity contribution in [3.05, 3.63) is 29.8 Å². The van der Waals surface area contributed by atoms with Gasteiger partial charge in [0.25, 0.3) is 0 Å². The normalized spacial score (nSPS) is 19.1. The van der Waals surface area contributed by atoms with Crippen LogP contribution in [0, 0.1) is 5.92 Å². The average molecular weight is 247 g/mol. The molecule has 3 heteroatoms. The molecule has 1 fully saturated rings. The number of carboxylic acids is 1. The molecule has 0 saturated heterocycles. The van der Waals surface area contributed by atoms with Crippen molar-refractivity contribution in [2.45, 2.75) is 44.4 Å². The van der Waals surface area contributed by atoms with Gasteiger partial charge in [0.2, 0.25) is 0 Å². The zero-order chi connectivity index (χ0) is 13.0. The van der Waals surface area contributed by atoms with Crippen LogP contribution < -0.4 is 5.73 Å². The molecule has 1 atom stereocenters. The van der Waals surface area contributed by atoms with Crippen LogP contribution in [0.25, 0.3) is 0 Å². The molecule has 0 aliphatic heterocycles. The van der Waals surface area contributed by atoms with Gasteiger partial charge in [0.1, 0.15) is 0 Å². The van der Waals surface area contributed by atoms with Gasteiger partial charge in [-0.05, 0) is 36.5 Å². The van der Waals surface area contributed by atoms with E-state index in [-0.39, 0.29) is 11.8 Å². The lowest BCUT2D eigenvalue weighted by atomic mass is 9.81. The third kappa shape index (κ3) is 3.03. The Morgan fingerprint density at radius 3 is 2.17 bits per heavy atom. The molecule has 2 rings (SSSR count). The summed E-state index contributed by atoms with van der Waals surface area (Å²) in [6, 6.07) is 7.31. The first-order valence-electron chi connectivity index (χ1n) is 6.76. The molecule has 3 N–H and O–H groups in total. The van der Waals surface area contributed by atoms with Crippen molar-refractivity contribution in [3.63, 3.8) is 0 Å². The maximum absolute atomic E-state index is 11.6. The average Bonchev–Trinajstić information content (AvgIpc) is 2.60. The summed E-state index contributed by atoms with van der Waals surface area (Å²) < 4.78 is 0. The lowest BCUT2D eigenvalue weighted by Crippen LogP contribution is -2.21. The van der Waals surface area contributed by atoms with Gasteiger partial charge in [-0.2, -0.15) is 0 Å². The standard InChI is InChI=1S/C15H21NO2/c16-13-9-7-12(8-10-13)14(15(17)18)11-5-3-1-2-4-6-11/h7-11,14H,1-6,16H2,(H,17,18). The summed E-state index contributed by atoms with van der Waals surface area (Å²) in [6.45, 7) is 0. The number of nitrogens with two attached hydrogens (primary N) is 1. The van der Waals surface area contributed by atoms with E-state index in [4.69, 9.17) is 5.73 Å². The highest BCUT2D eigenvalue weighted by Gasteiger charge is 2.29. The fourth-order valence-electron chi connectivity index (χ4n) is 2.96. The Balaban J connectivity index is 2.21. The van der Waals surface area contributed by atoms with Crippen molar-refractivity contribution in [1.82, 2.24) is 0 Å². The Bertz CT molecular complexity index is 391. The molecule has 1 aliphatic rings. The highest BCUT2D eigenvalue weighted by molar-refractivity contribution is 5.76. The predicted octanol–water partition coefficient (Wildman–Crippen LogP) is 3.41. The highest BCUT2D eigenvalue weighted by atomic mass is 16.4. The minimum absolute atomic E-state index is 0.272. The second-order valence-electron chi connectivity index (χ2n) is 5.23. The van der Waals surface area contributed by atoms with E-state index in [1.54, 1.807) is 12.1 Å². The van der Waals surface area contributed by atoms with Gasteiger partial charge in [-0.15, -0.1) is 0 Å². The zero-order valence-electron chi connectivity index (χ0n) is 10.6. The molecule has 1 saturated carbocycles. The first-order chi connectivity index (χ1) is 8.68. The fourth-order valence-corrected chi connectivity index (χ4v) is 2.96. The first kappa shape index (κ1) is 12.9. The van der Waals surface area contributed by atoms with Crippen molar-refractivity contribution in [3.8, 4) is 0 Å². The Hall–Kier alpha value is -1.51. The molecule has 1 aromatic carbocycles. The SMILES string of the molecule is Nc1ccc(C(C(=O)O)C2CCCCCC2)cc1. The fraction of sp³-hybridized carbons (Fsp3) is 0.533. The van der Waals surface area contributed by atoms with E-state index in [0.29, 0.717) is 5.69 Å². The molecule has 0 heterocycles. The largest absolute Gasteiger partial charge is 0.481 e. The Morgan fingerprint density at radius 2 is 1.67 bits per heavy atom. The van der Waals surface area contributed by atoms with Gasteiger partial charge in [-0.1, -0.05) is 37.8 Å². The van der Waals surface area contributed by atoms with Gasteiger partial charge in [0, 0.05) is 5.69 Å². The van der Waals surface area contributed by atoms with Crippen LogP contribution in [0.1, 0.15) is 50.0 Å². The molecule has 18 heavy (non-hydrogen) atoms. The monoisotopic (exact) mass is 247 g/mol. The summed E-state index contributed by atoms with van der Waals surface area (Å²) in [5, 5.41) is 9.51. The Labute approximate surface area is 108 Å². The van der Waals surface area contributed by atoms with Crippen LogP contribution in [-0.2, 0) is 4.79 Å². The van der Waals surface area contributed by atoms with Gasteiger partial charge in [0.15, 0.2) is 0 Å². The number of rotatable bonds is 3. The van der Waals surface area contributed by atoms with E-state index in [2.05, 4.69) is 0 Å². The summed E-state index contributed by atoms with van der Waals surface area (Å²) in [7, 11) is 0. The van der Waals surface area contributed by atoms with Gasteiger partial charge < -0.3 is 10.8 Å². The topological polar surface area (TPSA) is 63.3 Å². The predicted molar refractivity (Wildman–Crippen MR) is 72.4 cm³/mol. The molecular weight excluding hydrogens is 226 g/mol. The van der Waals surface area contributed by atoms with Crippen LogP contribution in [0.3, 0.4) is 0 Å². The van der Waals surface area contributed by atoms with Crippen molar-refractivity contribution in [1.29, 1.82) is 0 Å². The Kier molecular flexibility index (Phi) is 4.24. The second-order valence-corrected chi connectivity index (χ2v) is 5.23. The smallest absolute Gasteiger partial charge is 0.311 e. The van der Waals surface area contributed by atoms with Gasteiger partial charge in [-0.3, -0.25) is 4.79 Å². The Morgan fingerprint density at radius 1 is 1.11 bits per heavy atom. The number of aliphatic carboxylic acids is 1. The number of benzene rings is 1. The summed E-state index contributed by atoms with van der Waals surface area (Å²) in [6.07, 6.45) is 6.85. The van der Waals surface area contributed by atoms with Crippen LogP contribution in [-0.4, -0.2) is 11.1 Å². The zero-order valence-corrected chi connectivity index (χ0v) is 10.6. The van der Waals surface area contributed by atoms with Crippen LogP contribution in [0.15, 0.2) is 24.3 Å². The maximum Gasteiger partial charge on any atom is 0.311 e. The number of hydrogen-bond donors (Lipinski definition) is 2. The van der Waals surface area contributed by atoms with Crippen molar-refractivity contribution in [2.75, 3.05) is 5.73 Å². The summed E-state index contributed by atoms with van der Waals surface area (Å²) >= 11 is 0. The van der Waals surface area contributed by atoms with E-state index < -0.39 is 5.97 Å². The van der Waals surface area contributed by atoms with E-state index in [1.807, 2.05) is 12.1 Å². The molecule has 1 aliphatic carbocycles. The van der Waals surface area contributed by atoms with Crippen LogP contribution in [0.5, 0.6) is 0 Å². The van der Waals surface area contributed by atoms with Gasteiger partial charge in [-0.25, -0.2) is 0 Å². The van der Waals surface area contributed by atoms with E-state index >= 15 is 0 Å². The minimum atomic E-state index is -0.702. The highest BCUT2D eigenvalue weighted by Crippen LogP contribution is 2.35. The van der Waals surface area contributed by atoms with Crippen molar-refractivity contribution in [2.24, 2.45) is 5.92 Å². The summed E-state index contributed by atoms with van der Waals surface area (Å²) in [4.78, 5) is 11.6. The number of nitrogen functional groups attached to an aromatic ring is 1. The third-order valence-electron chi connectivity index (χ3n) is 3.93. The molecular formula is C15H21NO2. The molecule has 0 amide bonds. The van der Waals surface area contributed by atoms with E-state index in [0.717, 1.165) is 31.2 Å². The first-order valence-corrected chi connectivity index (χ1v) is 6.76. The molecule has 98 valence electrons. The quantitative estimate of drug-likeness (QED) is 0.635. The molecule has 0 bridgehead atoms. The maximum atomic E-state index is 11.6. The van der Waals surface area contributed by atoms with Crippen LogP contribution in [0.4, 0.5) is 5.69 Å². The lowest BCUT2D eigenvalue weighted by Gasteiger charge is -2.23. The number of carboxylic acid groups (broad SMARTS) is 1. The number of carbonyl (C=O) groups is 1. The number of hydrogen-bond acceptors (Lipinski definition) is 2. The molecule has 0 spiro atoms. The van der Waals surface area contributed by atoms with Gasteiger partial charge >= 0.3 is 5.97 Å². The van der Waals surface area contributed by atoms with Crippen LogP contribution >= 0.6 is 0 Å². The minimum Gasteiger partial charge on any atom is -0.481 e. The molecule has 1 aromatic rings. The lowest BCUT2D eigenvalue weighted by molar-refractivity contribution is -0.140. The van der Waals surface area contributed by atoms with Crippen LogP contribution in [0.2, 0.25) is 0 Å². The number of anilines is 1. The molecule has 3 nitrogen and oxygen atoms in total. The van der Waals surface area contributed by atoms with Crippen molar-refractivity contribution >= 4 is 11.7 Å². The van der Waals surface area contributed by atoms with Gasteiger partial charge in [0.05, 0.1) is 5.92 Å². The third-order valence-corrected chi connectivity index (χ3v) is 3.93. The van der Waals surface area contributed by atoms with E-state index in [1.165, 1.54) is 12.8 Å². The van der Waals surface area contributed by atoms with E-state index in [9.17, 15) is 9.90 Å². The summed E-state index contributed by atoms with van der Waals surface area (Å²) in [5.41, 5.74) is 7.24. The summed E-state index contributed by atoms with van der Waals surface area (Å²) in [5.74, 6) is -0.802. The molecule has 0 aromatic heterocycles. The second kappa shape index (κ2) is 5.89. The molecule has 0 radical (unpaired) electrons. The van der Waals surface area contributed by atoms with Crippen molar-refractivity contribution < 1.29 is 9.90 Å².